The molecule has 0 saturated carbocycles. The van der Waals surface area contributed by atoms with E-state index in [9.17, 15) is 4.79 Å². The minimum absolute atomic E-state index is 0.0231. The Balaban J connectivity index is 2.54. The lowest BCUT2D eigenvalue weighted by Gasteiger charge is -2.21. The van der Waals surface area contributed by atoms with Crippen LogP contribution >= 0.6 is 0 Å². The Morgan fingerprint density at radius 3 is 3.00 bits per heavy atom. The molecule has 0 radical (unpaired) electrons. The van der Waals surface area contributed by atoms with E-state index in [1.165, 1.54) is 0 Å². The molecule has 1 saturated heterocycles. The van der Waals surface area contributed by atoms with Crippen LogP contribution in [0.15, 0.2) is 0 Å². The van der Waals surface area contributed by atoms with Gasteiger partial charge in [-0.15, -0.1) is 0 Å². The van der Waals surface area contributed by atoms with Crippen molar-refractivity contribution >= 4 is 5.91 Å². The monoisotopic (exact) mass is 143 g/mol. The summed E-state index contributed by atoms with van der Waals surface area (Å²) in [7, 11) is 0. The quantitative estimate of drug-likeness (QED) is 0.398. The molecule has 4 N–H and O–H groups in total. The van der Waals surface area contributed by atoms with Crippen molar-refractivity contribution in [1.82, 2.24) is 10.6 Å². The van der Waals surface area contributed by atoms with Crippen molar-refractivity contribution in [3.05, 3.63) is 0 Å². The molecule has 0 bridgehead atoms. The largest absolute Gasteiger partial charge is 0.355 e. The molecule has 0 aromatic carbocycles. The molecular weight excluding hydrogens is 130 g/mol. The van der Waals surface area contributed by atoms with Gasteiger partial charge < -0.3 is 11.1 Å². The highest BCUT2D eigenvalue weighted by molar-refractivity contribution is 5.77. The van der Waals surface area contributed by atoms with Crippen LogP contribution in [0.2, 0.25) is 0 Å². The first-order valence-electron chi connectivity index (χ1n) is 3.41. The summed E-state index contributed by atoms with van der Waals surface area (Å²) in [6.45, 7) is 3.24. The summed E-state index contributed by atoms with van der Waals surface area (Å²) < 4.78 is 0. The van der Waals surface area contributed by atoms with Gasteiger partial charge in [0.25, 0.3) is 0 Å². The fourth-order valence-corrected chi connectivity index (χ4v) is 1.01. The van der Waals surface area contributed by atoms with Crippen LogP contribution in [-0.2, 0) is 4.79 Å². The number of carbonyl (C=O) groups excluding carboxylic acids is 1. The molecule has 1 amide bonds. The summed E-state index contributed by atoms with van der Waals surface area (Å²) in [6, 6.07) is 0. The predicted octanol–water partition coefficient (Wildman–Crippen LogP) is -1.23. The first-order chi connectivity index (χ1) is 4.60. The summed E-state index contributed by atoms with van der Waals surface area (Å²) in [5.41, 5.74) is 5.17. The Morgan fingerprint density at radius 1 is 1.60 bits per heavy atom. The van der Waals surface area contributed by atoms with Gasteiger partial charge in [0.1, 0.15) is 0 Å². The third-order valence-corrected chi connectivity index (χ3v) is 1.50. The average Bonchev–Trinajstić information content (AvgIpc) is 1.90. The Kier molecular flexibility index (Phi) is 1.92. The smallest absolute Gasteiger partial charge is 0.223 e. The molecule has 1 rings (SSSR count). The number of hydrogen-bond acceptors (Lipinski definition) is 3. The molecular formula is C6H13N3O. The second-order valence-electron chi connectivity index (χ2n) is 2.87. The van der Waals surface area contributed by atoms with Crippen LogP contribution in [-0.4, -0.2) is 24.7 Å². The fraction of sp³-hybridized carbons (Fsp3) is 0.833. The standard InChI is InChI=1S/C6H13N3O/c1-6(7)4-5(10)8-2-3-9-6/h9H,2-4,7H2,1H3,(H,8,10). The van der Waals surface area contributed by atoms with Gasteiger partial charge in [0.05, 0.1) is 12.1 Å². The Labute approximate surface area is 60.2 Å². The van der Waals surface area contributed by atoms with Crippen molar-refractivity contribution in [2.45, 2.75) is 19.0 Å². The average molecular weight is 143 g/mol. The van der Waals surface area contributed by atoms with E-state index in [1.54, 1.807) is 0 Å². The van der Waals surface area contributed by atoms with Crippen LogP contribution in [0, 0.1) is 0 Å². The molecule has 0 aromatic rings. The third-order valence-electron chi connectivity index (χ3n) is 1.50. The molecule has 1 heterocycles. The van der Waals surface area contributed by atoms with Gasteiger partial charge >= 0.3 is 0 Å². The summed E-state index contributed by atoms with van der Waals surface area (Å²) >= 11 is 0. The lowest BCUT2D eigenvalue weighted by Crippen LogP contribution is -2.51. The Hall–Kier alpha value is -0.610. The summed E-state index contributed by atoms with van der Waals surface area (Å²) in [5.74, 6) is 0.0231. The molecule has 0 spiro atoms. The number of amides is 1. The Morgan fingerprint density at radius 2 is 2.30 bits per heavy atom. The van der Waals surface area contributed by atoms with Gasteiger partial charge in [-0.25, -0.2) is 0 Å². The maximum Gasteiger partial charge on any atom is 0.223 e. The van der Waals surface area contributed by atoms with Crippen LogP contribution in [0.3, 0.4) is 0 Å². The number of rotatable bonds is 0. The van der Waals surface area contributed by atoms with Gasteiger partial charge in [-0.1, -0.05) is 0 Å². The van der Waals surface area contributed by atoms with Gasteiger partial charge in [-0.3, -0.25) is 10.1 Å². The highest BCUT2D eigenvalue weighted by Crippen LogP contribution is 2.01. The van der Waals surface area contributed by atoms with Crippen LogP contribution in [0.25, 0.3) is 0 Å². The van der Waals surface area contributed by atoms with Gasteiger partial charge in [-0.2, -0.15) is 0 Å². The normalized spacial score (nSPS) is 34.8. The van der Waals surface area contributed by atoms with E-state index in [2.05, 4.69) is 10.6 Å². The molecule has 1 atom stereocenters. The SMILES string of the molecule is CC1(N)CC(=O)NCCN1. The number of hydrogen-bond donors (Lipinski definition) is 3. The van der Waals surface area contributed by atoms with Crippen molar-refractivity contribution in [2.75, 3.05) is 13.1 Å². The molecule has 0 aromatic heterocycles. The van der Waals surface area contributed by atoms with E-state index in [0.29, 0.717) is 13.0 Å². The highest BCUT2D eigenvalue weighted by Gasteiger charge is 2.23. The summed E-state index contributed by atoms with van der Waals surface area (Å²) in [5, 5.41) is 5.76. The van der Waals surface area contributed by atoms with Gasteiger partial charge in [-0.05, 0) is 6.92 Å². The maximum absolute atomic E-state index is 10.9. The predicted molar refractivity (Wildman–Crippen MR) is 38.2 cm³/mol. The van der Waals surface area contributed by atoms with E-state index >= 15 is 0 Å². The topological polar surface area (TPSA) is 67.2 Å². The number of nitrogens with one attached hydrogen (secondary N) is 2. The van der Waals surface area contributed by atoms with Crippen molar-refractivity contribution in [3.63, 3.8) is 0 Å². The van der Waals surface area contributed by atoms with Gasteiger partial charge in [0.2, 0.25) is 5.91 Å². The zero-order chi connectivity index (χ0) is 7.61. The fourth-order valence-electron chi connectivity index (χ4n) is 1.01. The van der Waals surface area contributed by atoms with Crippen molar-refractivity contribution in [1.29, 1.82) is 0 Å². The summed E-state index contributed by atoms with van der Waals surface area (Å²) in [6.07, 6.45) is 0.354. The molecule has 1 aliphatic rings. The Bertz CT molecular complexity index is 144. The molecule has 4 heteroatoms. The molecule has 4 nitrogen and oxygen atoms in total. The van der Waals surface area contributed by atoms with Gasteiger partial charge in [0.15, 0.2) is 0 Å². The van der Waals surface area contributed by atoms with Gasteiger partial charge in [0, 0.05) is 13.1 Å². The second kappa shape index (κ2) is 2.56. The van der Waals surface area contributed by atoms with Crippen LogP contribution in [0.5, 0.6) is 0 Å². The molecule has 0 aliphatic carbocycles. The zero-order valence-corrected chi connectivity index (χ0v) is 6.11. The number of nitrogens with two attached hydrogens (primary N) is 1. The lowest BCUT2D eigenvalue weighted by molar-refractivity contribution is -0.121. The highest BCUT2D eigenvalue weighted by atomic mass is 16.1. The maximum atomic E-state index is 10.9. The second-order valence-corrected chi connectivity index (χ2v) is 2.87. The molecule has 58 valence electrons. The van der Waals surface area contributed by atoms with E-state index in [1.807, 2.05) is 6.92 Å². The first kappa shape index (κ1) is 7.50. The van der Waals surface area contributed by atoms with Crippen LogP contribution < -0.4 is 16.4 Å². The first-order valence-corrected chi connectivity index (χ1v) is 3.41. The van der Waals surface area contributed by atoms with E-state index in [4.69, 9.17) is 5.73 Å². The van der Waals surface area contributed by atoms with E-state index in [-0.39, 0.29) is 5.91 Å². The summed E-state index contributed by atoms with van der Waals surface area (Å²) in [4.78, 5) is 10.9. The zero-order valence-electron chi connectivity index (χ0n) is 6.11. The molecule has 1 aliphatic heterocycles. The number of carbonyl (C=O) groups is 1. The van der Waals surface area contributed by atoms with Crippen molar-refractivity contribution in [3.8, 4) is 0 Å². The van der Waals surface area contributed by atoms with Crippen molar-refractivity contribution in [2.24, 2.45) is 5.73 Å². The van der Waals surface area contributed by atoms with Crippen molar-refractivity contribution < 1.29 is 4.79 Å². The van der Waals surface area contributed by atoms with E-state index in [0.717, 1.165) is 6.54 Å². The van der Waals surface area contributed by atoms with E-state index < -0.39 is 5.66 Å². The minimum atomic E-state index is -0.527. The molecule has 1 unspecified atom stereocenters. The lowest BCUT2D eigenvalue weighted by atomic mass is 10.1. The van der Waals surface area contributed by atoms with Crippen LogP contribution in [0.4, 0.5) is 0 Å². The molecule has 10 heavy (non-hydrogen) atoms. The molecule has 1 fully saturated rings. The third kappa shape index (κ3) is 1.97. The van der Waals surface area contributed by atoms with Crippen LogP contribution in [0.1, 0.15) is 13.3 Å². The minimum Gasteiger partial charge on any atom is -0.355 e.